The van der Waals surface area contributed by atoms with Crippen LogP contribution in [0.1, 0.15) is 76.6 Å². The molecule has 0 unspecified atom stereocenters. The molecule has 1 nitrogen and oxygen atoms in total. The maximum Gasteiger partial charge on any atom is 0.123 e. The predicted octanol–water partition coefficient (Wildman–Crippen LogP) is 6.14. The van der Waals surface area contributed by atoms with Crippen molar-refractivity contribution in [3.05, 3.63) is 64.7 Å². The van der Waals surface area contributed by atoms with Crippen molar-refractivity contribution in [3.63, 3.8) is 0 Å². The van der Waals surface area contributed by atoms with Gasteiger partial charge in [-0.15, -0.1) is 0 Å². The zero-order valence-electron chi connectivity index (χ0n) is 15.6. The highest BCUT2D eigenvalue weighted by atomic mass is 16.3. The standard InChI is InChI=1S/C22H30O/c1-15(16-11-9-8-10-12-16)17-13-18(21(2,3)4)20(23)19(14-17)22(5,6)7/h8-15,23H,1-7H3/t15-/m0/s1. The van der Waals surface area contributed by atoms with E-state index in [0.29, 0.717) is 11.7 Å². The van der Waals surface area contributed by atoms with Crippen LogP contribution in [0.25, 0.3) is 0 Å². The first-order valence-corrected chi connectivity index (χ1v) is 8.44. The van der Waals surface area contributed by atoms with Gasteiger partial charge in [0.15, 0.2) is 0 Å². The molecule has 2 aromatic rings. The third-order valence-electron chi connectivity index (χ3n) is 4.55. The van der Waals surface area contributed by atoms with E-state index in [2.05, 4.69) is 84.9 Å². The molecule has 0 aromatic heterocycles. The normalized spacial score (nSPS) is 13.9. The Labute approximate surface area is 141 Å². The van der Waals surface area contributed by atoms with E-state index in [1.54, 1.807) is 0 Å². The lowest BCUT2D eigenvalue weighted by Gasteiger charge is -2.29. The Bertz CT molecular complexity index is 634. The SMILES string of the molecule is C[C@@H](c1ccccc1)c1cc(C(C)(C)C)c(O)c(C(C)(C)C)c1. The van der Waals surface area contributed by atoms with Gasteiger partial charge in [-0.1, -0.05) is 90.9 Å². The van der Waals surface area contributed by atoms with Crippen LogP contribution in [0, 0.1) is 0 Å². The maximum absolute atomic E-state index is 10.8. The summed E-state index contributed by atoms with van der Waals surface area (Å²) in [7, 11) is 0. The van der Waals surface area contributed by atoms with Crippen LogP contribution in [0.3, 0.4) is 0 Å². The van der Waals surface area contributed by atoms with E-state index in [0.717, 1.165) is 11.1 Å². The van der Waals surface area contributed by atoms with Gasteiger partial charge in [0.05, 0.1) is 0 Å². The molecule has 1 N–H and O–H groups in total. The molecule has 0 spiro atoms. The zero-order chi connectivity index (χ0) is 17.4. The van der Waals surface area contributed by atoms with Gasteiger partial charge in [-0.25, -0.2) is 0 Å². The largest absolute Gasteiger partial charge is 0.507 e. The average molecular weight is 310 g/mol. The summed E-state index contributed by atoms with van der Waals surface area (Å²) in [4.78, 5) is 0. The molecule has 0 fully saturated rings. The fraction of sp³-hybridized carbons (Fsp3) is 0.455. The average Bonchev–Trinajstić information content (AvgIpc) is 2.45. The van der Waals surface area contributed by atoms with Crippen LogP contribution in [0.2, 0.25) is 0 Å². The highest BCUT2D eigenvalue weighted by Crippen LogP contribution is 2.41. The highest BCUT2D eigenvalue weighted by molar-refractivity contribution is 5.51. The van der Waals surface area contributed by atoms with E-state index in [1.807, 2.05) is 6.07 Å². The van der Waals surface area contributed by atoms with Gasteiger partial charge >= 0.3 is 0 Å². The van der Waals surface area contributed by atoms with Crippen molar-refractivity contribution in [2.75, 3.05) is 0 Å². The molecule has 0 amide bonds. The Hall–Kier alpha value is -1.76. The minimum atomic E-state index is -0.0868. The highest BCUT2D eigenvalue weighted by Gasteiger charge is 2.27. The Morgan fingerprint density at radius 2 is 1.17 bits per heavy atom. The summed E-state index contributed by atoms with van der Waals surface area (Å²) in [5.74, 6) is 0.757. The van der Waals surface area contributed by atoms with Crippen molar-refractivity contribution in [1.82, 2.24) is 0 Å². The Morgan fingerprint density at radius 3 is 1.57 bits per heavy atom. The topological polar surface area (TPSA) is 20.2 Å². The summed E-state index contributed by atoms with van der Waals surface area (Å²) in [6, 6.07) is 14.9. The molecule has 0 bridgehead atoms. The van der Waals surface area contributed by atoms with Gasteiger partial charge in [0.2, 0.25) is 0 Å². The van der Waals surface area contributed by atoms with Crippen molar-refractivity contribution in [1.29, 1.82) is 0 Å². The summed E-state index contributed by atoms with van der Waals surface area (Å²) in [5.41, 5.74) is 4.46. The van der Waals surface area contributed by atoms with Gasteiger partial charge in [-0.2, -0.15) is 0 Å². The van der Waals surface area contributed by atoms with E-state index in [1.165, 1.54) is 11.1 Å². The molecule has 0 heterocycles. The molecule has 0 aliphatic rings. The van der Waals surface area contributed by atoms with Crippen LogP contribution in [0.4, 0.5) is 0 Å². The molecule has 0 aliphatic carbocycles. The number of aromatic hydroxyl groups is 1. The van der Waals surface area contributed by atoms with Crippen LogP contribution in [-0.4, -0.2) is 5.11 Å². The van der Waals surface area contributed by atoms with Gasteiger partial charge < -0.3 is 5.11 Å². The number of phenols is 1. The number of hydrogen-bond donors (Lipinski definition) is 1. The summed E-state index contributed by atoms with van der Waals surface area (Å²) in [6.45, 7) is 15.2. The van der Waals surface area contributed by atoms with Gasteiger partial charge in [0, 0.05) is 5.92 Å². The fourth-order valence-corrected chi connectivity index (χ4v) is 2.98. The van der Waals surface area contributed by atoms with Crippen LogP contribution >= 0.6 is 0 Å². The smallest absolute Gasteiger partial charge is 0.123 e. The molecule has 0 saturated heterocycles. The van der Waals surface area contributed by atoms with Crippen molar-refractivity contribution in [3.8, 4) is 5.75 Å². The van der Waals surface area contributed by atoms with E-state index in [4.69, 9.17) is 0 Å². The van der Waals surface area contributed by atoms with Crippen LogP contribution in [0.5, 0.6) is 5.75 Å². The molecule has 1 heteroatoms. The zero-order valence-corrected chi connectivity index (χ0v) is 15.6. The maximum atomic E-state index is 10.8. The number of benzene rings is 2. The van der Waals surface area contributed by atoms with Gasteiger partial charge in [-0.3, -0.25) is 0 Å². The van der Waals surface area contributed by atoms with Crippen molar-refractivity contribution >= 4 is 0 Å². The first kappa shape index (κ1) is 17.6. The van der Waals surface area contributed by atoms with Gasteiger partial charge in [-0.05, 0) is 33.1 Å². The van der Waals surface area contributed by atoms with E-state index in [9.17, 15) is 5.11 Å². The third-order valence-corrected chi connectivity index (χ3v) is 4.55. The summed E-state index contributed by atoms with van der Waals surface area (Å²) >= 11 is 0. The first-order valence-electron chi connectivity index (χ1n) is 8.44. The molecular weight excluding hydrogens is 280 g/mol. The fourth-order valence-electron chi connectivity index (χ4n) is 2.98. The number of hydrogen-bond acceptors (Lipinski definition) is 1. The lowest BCUT2D eigenvalue weighted by atomic mass is 9.76. The van der Waals surface area contributed by atoms with E-state index < -0.39 is 0 Å². The minimum absolute atomic E-state index is 0.0868. The van der Waals surface area contributed by atoms with Crippen LogP contribution in [0.15, 0.2) is 42.5 Å². The lowest BCUT2D eigenvalue weighted by molar-refractivity contribution is 0.422. The predicted molar refractivity (Wildman–Crippen MR) is 99.5 cm³/mol. The Kier molecular flexibility index (Phi) is 4.61. The molecule has 1 atom stereocenters. The second kappa shape index (κ2) is 6.03. The molecule has 124 valence electrons. The first-order chi connectivity index (χ1) is 10.5. The van der Waals surface area contributed by atoms with Crippen molar-refractivity contribution in [2.24, 2.45) is 0 Å². The van der Waals surface area contributed by atoms with Crippen LogP contribution in [-0.2, 0) is 10.8 Å². The molecule has 2 rings (SSSR count). The van der Waals surface area contributed by atoms with Crippen LogP contribution < -0.4 is 0 Å². The van der Waals surface area contributed by atoms with E-state index in [-0.39, 0.29) is 10.8 Å². The molecular formula is C22H30O. The number of phenolic OH excluding ortho intramolecular Hbond substituents is 1. The van der Waals surface area contributed by atoms with E-state index >= 15 is 0 Å². The minimum Gasteiger partial charge on any atom is -0.507 e. The lowest BCUT2D eigenvalue weighted by Crippen LogP contribution is -2.18. The Morgan fingerprint density at radius 1 is 0.739 bits per heavy atom. The third kappa shape index (κ3) is 3.77. The van der Waals surface area contributed by atoms with Crippen molar-refractivity contribution < 1.29 is 5.11 Å². The summed E-state index contributed by atoms with van der Waals surface area (Å²) in [6.07, 6.45) is 0. The molecule has 23 heavy (non-hydrogen) atoms. The molecule has 0 saturated carbocycles. The number of rotatable bonds is 2. The quantitative estimate of drug-likeness (QED) is 0.706. The Balaban J connectivity index is 2.65. The summed E-state index contributed by atoms with van der Waals surface area (Å²) in [5, 5.41) is 10.8. The molecule has 2 aromatic carbocycles. The second-order valence-electron chi connectivity index (χ2n) is 8.60. The monoisotopic (exact) mass is 310 g/mol. The molecule has 0 radical (unpaired) electrons. The molecule has 0 aliphatic heterocycles. The second-order valence-corrected chi connectivity index (χ2v) is 8.60. The van der Waals surface area contributed by atoms with Gasteiger partial charge in [0.1, 0.15) is 5.75 Å². The van der Waals surface area contributed by atoms with Gasteiger partial charge in [0.25, 0.3) is 0 Å². The summed E-state index contributed by atoms with van der Waals surface area (Å²) < 4.78 is 0. The van der Waals surface area contributed by atoms with Crippen molar-refractivity contribution in [2.45, 2.75) is 65.2 Å².